The van der Waals surface area contributed by atoms with Gasteiger partial charge in [-0.25, -0.2) is 4.98 Å². The molecule has 3 rings (SSSR count). The van der Waals surface area contributed by atoms with Crippen LogP contribution >= 0.6 is 0 Å². The Morgan fingerprint density at radius 1 is 1.38 bits per heavy atom. The van der Waals surface area contributed by atoms with Gasteiger partial charge in [-0.05, 0) is 36.5 Å². The highest BCUT2D eigenvalue weighted by Gasteiger charge is 2.32. The van der Waals surface area contributed by atoms with Gasteiger partial charge in [-0.2, -0.15) is 0 Å². The van der Waals surface area contributed by atoms with Crippen molar-refractivity contribution in [3.8, 4) is 5.75 Å². The number of aromatic amines is 1. The normalized spacial score (nSPS) is 16.9. The average Bonchev–Trinajstić information content (AvgIpc) is 3.11. The van der Waals surface area contributed by atoms with Crippen LogP contribution in [0.5, 0.6) is 5.75 Å². The van der Waals surface area contributed by atoms with Crippen LogP contribution in [0.15, 0.2) is 35.1 Å². The van der Waals surface area contributed by atoms with Crippen LogP contribution in [-0.4, -0.2) is 34.4 Å². The van der Waals surface area contributed by atoms with Gasteiger partial charge in [0.2, 0.25) is 5.91 Å². The van der Waals surface area contributed by atoms with Crippen LogP contribution in [0.1, 0.15) is 55.7 Å². The van der Waals surface area contributed by atoms with E-state index in [4.69, 9.17) is 4.74 Å². The van der Waals surface area contributed by atoms with Gasteiger partial charge in [-0.15, -0.1) is 0 Å². The van der Waals surface area contributed by atoms with E-state index in [0.717, 1.165) is 29.8 Å². The first-order chi connectivity index (χ1) is 12.5. The van der Waals surface area contributed by atoms with Gasteiger partial charge >= 0.3 is 0 Å². The minimum atomic E-state index is -0.167. The number of benzene rings is 1. The fraction of sp³-hybridized carbons (Fsp3) is 0.450. The van der Waals surface area contributed by atoms with E-state index in [1.54, 1.807) is 7.11 Å². The molecule has 2 aromatic rings. The Kier molecular flexibility index (Phi) is 5.40. The van der Waals surface area contributed by atoms with Gasteiger partial charge < -0.3 is 14.6 Å². The molecule has 1 atom stereocenters. The molecule has 2 heterocycles. The SMILES string of the molecule is COc1cccc(CC(=O)N2CCC[C@@H]2c2nc(C(C)C)cc(=O)[nH]2)c1. The highest BCUT2D eigenvalue weighted by molar-refractivity contribution is 5.79. The van der Waals surface area contributed by atoms with Crippen molar-refractivity contribution in [2.45, 2.75) is 45.1 Å². The van der Waals surface area contributed by atoms with Crippen molar-refractivity contribution in [1.82, 2.24) is 14.9 Å². The summed E-state index contributed by atoms with van der Waals surface area (Å²) in [5, 5.41) is 0. The second-order valence-electron chi connectivity index (χ2n) is 6.98. The first kappa shape index (κ1) is 18.2. The highest BCUT2D eigenvalue weighted by Crippen LogP contribution is 2.30. The molecule has 1 aliphatic rings. The molecule has 0 radical (unpaired) electrons. The molecule has 6 heteroatoms. The van der Waals surface area contributed by atoms with Crippen LogP contribution in [0.3, 0.4) is 0 Å². The number of H-pyrrole nitrogens is 1. The molecule has 0 saturated carbocycles. The molecule has 0 bridgehead atoms. The number of nitrogens with one attached hydrogen (secondary N) is 1. The van der Waals surface area contributed by atoms with Gasteiger partial charge in [-0.1, -0.05) is 26.0 Å². The number of hydrogen-bond acceptors (Lipinski definition) is 4. The first-order valence-electron chi connectivity index (χ1n) is 9.01. The van der Waals surface area contributed by atoms with Crippen LogP contribution in [-0.2, 0) is 11.2 Å². The summed E-state index contributed by atoms with van der Waals surface area (Å²) < 4.78 is 5.23. The number of methoxy groups -OCH3 is 1. The number of hydrogen-bond donors (Lipinski definition) is 1. The molecular weight excluding hydrogens is 330 g/mol. The van der Waals surface area contributed by atoms with E-state index in [1.807, 2.05) is 43.0 Å². The quantitative estimate of drug-likeness (QED) is 0.895. The molecule has 1 N–H and O–H groups in total. The van der Waals surface area contributed by atoms with E-state index < -0.39 is 0 Å². The van der Waals surface area contributed by atoms with Crippen LogP contribution in [0, 0.1) is 0 Å². The van der Waals surface area contributed by atoms with Gasteiger partial charge in [0.15, 0.2) is 0 Å². The van der Waals surface area contributed by atoms with Crippen LogP contribution in [0.4, 0.5) is 0 Å². The summed E-state index contributed by atoms with van der Waals surface area (Å²) in [7, 11) is 1.61. The van der Waals surface area contributed by atoms with E-state index in [1.165, 1.54) is 6.07 Å². The summed E-state index contributed by atoms with van der Waals surface area (Å²) >= 11 is 0. The lowest BCUT2D eigenvalue weighted by molar-refractivity contribution is -0.131. The van der Waals surface area contributed by atoms with Crippen molar-refractivity contribution in [2.24, 2.45) is 0 Å². The van der Waals surface area contributed by atoms with Gasteiger partial charge in [0, 0.05) is 12.6 Å². The number of nitrogens with zero attached hydrogens (tertiary/aromatic N) is 2. The molecule has 1 amide bonds. The Balaban J connectivity index is 1.81. The molecule has 138 valence electrons. The third-order valence-electron chi connectivity index (χ3n) is 4.75. The van der Waals surface area contributed by atoms with E-state index in [9.17, 15) is 9.59 Å². The Bertz CT molecular complexity index is 844. The molecule has 1 saturated heterocycles. The summed E-state index contributed by atoms with van der Waals surface area (Å²) in [4.78, 5) is 34.1. The van der Waals surface area contributed by atoms with E-state index in [2.05, 4.69) is 9.97 Å². The molecule has 0 spiro atoms. The zero-order valence-corrected chi connectivity index (χ0v) is 15.5. The van der Waals surface area contributed by atoms with E-state index in [-0.39, 0.29) is 23.4 Å². The Morgan fingerprint density at radius 2 is 2.19 bits per heavy atom. The molecule has 0 aliphatic carbocycles. The van der Waals surface area contributed by atoms with Gasteiger partial charge in [-0.3, -0.25) is 9.59 Å². The molecule has 1 aliphatic heterocycles. The van der Waals surface area contributed by atoms with Gasteiger partial charge in [0.05, 0.1) is 25.3 Å². The van der Waals surface area contributed by atoms with Crippen molar-refractivity contribution >= 4 is 5.91 Å². The number of carbonyl (C=O) groups is 1. The number of aromatic nitrogens is 2. The maximum Gasteiger partial charge on any atom is 0.251 e. The lowest BCUT2D eigenvalue weighted by atomic mass is 10.1. The highest BCUT2D eigenvalue weighted by atomic mass is 16.5. The number of likely N-dealkylation sites (tertiary alicyclic amines) is 1. The van der Waals surface area contributed by atoms with Crippen molar-refractivity contribution in [3.05, 3.63) is 57.8 Å². The van der Waals surface area contributed by atoms with Crippen molar-refractivity contribution in [2.75, 3.05) is 13.7 Å². The monoisotopic (exact) mass is 355 g/mol. The first-order valence-corrected chi connectivity index (χ1v) is 9.01. The maximum absolute atomic E-state index is 12.9. The lowest BCUT2D eigenvalue weighted by Crippen LogP contribution is -2.33. The second kappa shape index (κ2) is 7.72. The summed E-state index contributed by atoms with van der Waals surface area (Å²) in [6.07, 6.45) is 2.03. The molecule has 0 unspecified atom stereocenters. The number of carbonyl (C=O) groups excluding carboxylic acids is 1. The fourth-order valence-electron chi connectivity index (χ4n) is 3.36. The number of ether oxygens (including phenoxy) is 1. The van der Waals surface area contributed by atoms with Crippen LogP contribution in [0.25, 0.3) is 0 Å². The van der Waals surface area contributed by atoms with E-state index >= 15 is 0 Å². The maximum atomic E-state index is 12.9. The minimum absolute atomic E-state index is 0.0401. The smallest absolute Gasteiger partial charge is 0.251 e. The van der Waals surface area contributed by atoms with Crippen LogP contribution in [0.2, 0.25) is 0 Å². The predicted molar refractivity (Wildman–Crippen MR) is 99.3 cm³/mol. The summed E-state index contributed by atoms with van der Waals surface area (Å²) in [6, 6.07) is 8.91. The third-order valence-corrected chi connectivity index (χ3v) is 4.75. The predicted octanol–water partition coefficient (Wildman–Crippen LogP) is 2.81. The lowest BCUT2D eigenvalue weighted by Gasteiger charge is -2.24. The topological polar surface area (TPSA) is 75.3 Å². The summed E-state index contributed by atoms with van der Waals surface area (Å²) in [5.41, 5.74) is 1.51. The standard InChI is InChI=1S/C20H25N3O3/c1-13(2)16-12-18(24)22-20(21-16)17-8-5-9-23(17)19(25)11-14-6-4-7-15(10-14)26-3/h4,6-7,10,12-13,17H,5,8-9,11H2,1-3H3,(H,21,22,24)/t17-/m1/s1. The molecule has 1 fully saturated rings. The molecular formula is C20H25N3O3. The van der Waals surface area contributed by atoms with Crippen LogP contribution < -0.4 is 10.3 Å². The summed E-state index contributed by atoms with van der Waals surface area (Å²) in [5.74, 6) is 1.54. The largest absolute Gasteiger partial charge is 0.497 e. The Labute approximate surface area is 153 Å². The second-order valence-corrected chi connectivity index (χ2v) is 6.98. The Morgan fingerprint density at radius 3 is 2.92 bits per heavy atom. The molecule has 6 nitrogen and oxygen atoms in total. The zero-order chi connectivity index (χ0) is 18.7. The van der Waals surface area contributed by atoms with Crippen molar-refractivity contribution in [1.29, 1.82) is 0 Å². The fourth-order valence-corrected chi connectivity index (χ4v) is 3.36. The molecule has 1 aromatic heterocycles. The van der Waals surface area contributed by atoms with Crippen molar-refractivity contribution < 1.29 is 9.53 Å². The average molecular weight is 355 g/mol. The Hall–Kier alpha value is -2.63. The third kappa shape index (κ3) is 3.95. The van der Waals surface area contributed by atoms with Gasteiger partial charge in [0.25, 0.3) is 5.56 Å². The van der Waals surface area contributed by atoms with E-state index in [0.29, 0.717) is 18.8 Å². The number of amides is 1. The van der Waals surface area contributed by atoms with Crippen molar-refractivity contribution in [3.63, 3.8) is 0 Å². The molecule has 26 heavy (non-hydrogen) atoms. The number of rotatable bonds is 5. The molecule has 1 aromatic carbocycles. The minimum Gasteiger partial charge on any atom is -0.497 e. The van der Waals surface area contributed by atoms with Gasteiger partial charge in [0.1, 0.15) is 11.6 Å². The summed E-state index contributed by atoms with van der Waals surface area (Å²) in [6.45, 7) is 4.70. The zero-order valence-electron chi connectivity index (χ0n) is 15.5.